The van der Waals surface area contributed by atoms with E-state index in [1.54, 1.807) is 0 Å². The highest BCUT2D eigenvalue weighted by atomic mass is 16.7. The Labute approximate surface area is 384 Å². The second-order valence-corrected chi connectivity index (χ2v) is 17.2. The van der Waals surface area contributed by atoms with Crippen molar-refractivity contribution in [2.75, 3.05) is 19.8 Å². The van der Waals surface area contributed by atoms with E-state index in [-0.39, 0.29) is 18.9 Å². The molecule has 0 aromatic rings. The molecular weight excluding hydrogens is 823 g/mol. The first-order valence-corrected chi connectivity index (χ1v) is 24.5. The number of carbonyl (C=O) groups is 1. The Balaban J connectivity index is 1.85. The summed E-state index contributed by atoms with van der Waals surface area (Å²) in [4.78, 5) is 13.2. The zero-order chi connectivity index (χ0) is 46.8. The van der Waals surface area contributed by atoms with E-state index < -0.39 is 86.8 Å². The molecule has 370 valence electrons. The van der Waals surface area contributed by atoms with Gasteiger partial charge >= 0.3 is 0 Å². The standard InChI is InChI=1S/C50H87NO13/c1-3-5-7-9-11-13-15-16-17-18-19-20-21-22-24-26-28-30-32-34-42(55)51-38(39(54)33-31-29-27-25-23-14-12-10-8-6-4-2)37-61-49-47(60)45(58)48(41(36-53)63-49)64-50-46(59)44(57)43(56)40(35-52)62-50/h5,7,11,13,16-17,19-20,22,24,38-41,43-50,52-54,56-60H,3-4,6,8-10,12,14-15,18,21,23,25-37H2,1-2H3,(H,51,55)/b7-5-,13-11-,17-16-,20-19-,24-22-. The summed E-state index contributed by atoms with van der Waals surface area (Å²) in [7, 11) is 0. The Bertz CT molecular complexity index is 1310. The third-order valence-electron chi connectivity index (χ3n) is 11.7. The van der Waals surface area contributed by atoms with Gasteiger partial charge < -0.3 is 65.1 Å². The molecule has 0 aromatic heterocycles. The van der Waals surface area contributed by atoms with Crippen LogP contribution in [0.25, 0.3) is 0 Å². The van der Waals surface area contributed by atoms with Gasteiger partial charge in [0.05, 0.1) is 32.0 Å². The van der Waals surface area contributed by atoms with Gasteiger partial charge in [-0.1, -0.05) is 152 Å². The number of hydrogen-bond acceptors (Lipinski definition) is 13. The summed E-state index contributed by atoms with van der Waals surface area (Å²) < 4.78 is 22.7. The van der Waals surface area contributed by atoms with E-state index in [2.05, 4.69) is 79.9 Å². The Morgan fingerprint density at radius 2 is 1.08 bits per heavy atom. The SMILES string of the molecule is CC/C=C\C/C=C\C/C=C\C/C=C\C/C=C\CCCCCC(=O)NC(COC1OC(CO)C(OC2OC(CO)C(O)C(O)C2O)C(O)C1O)C(O)CCCCCCCCCCCCC. The molecular formula is C50H87NO13. The maximum Gasteiger partial charge on any atom is 0.220 e. The number of ether oxygens (including phenoxy) is 4. The first-order chi connectivity index (χ1) is 31.1. The molecule has 12 unspecified atom stereocenters. The van der Waals surface area contributed by atoms with Crippen molar-refractivity contribution in [3.8, 4) is 0 Å². The smallest absolute Gasteiger partial charge is 0.220 e. The number of amides is 1. The lowest BCUT2D eigenvalue weighted by Crippen LogP contribution is -2.65. The molecule has 64 heavy (non-hydrogen) atoms. The summed E-state index contributed by atoms with van der Waals surface area (Å²) in [5.74, 6) is -0.243. The molecule has 1 amide bonds. The van der Waals surface area contributed by atoms with Crippen LogP contribution >= 0.6 is 0 Å². The third-order valence-corrected chi connectivity index (χ3v) is 11.7. The number of unbranched alkanes of at least 4 members (excludes halogenated alkanes) is 13. The van der Waals surface area contributed by atoms with Crippen molar-refractivity contribution in [1.29, 1.82) is 0 Å². The van der Waals surface area contributed by atoms with E-state index in [1.807, 2.05) is 0 Å². The lowest BCUT2D eigenvalue weighted by Gasteiger charge is -2.46. The second-order valence-electron chi connectivity index (χ2n) is 17.2. The lowest BCUT2D eigenvalue weighted by molar-refractivity contribution is -0.359. The summed E-state index contributed by atoms with van der Waals surface area (Å²) >= 11 is 0. The van der Waals surface area contributed by atoms with Gasteiger partial charge in [-0.25, -0.2) is 0 Å². The molecule has 0 spiro atoms. The van der Waals surface area contributed by atoms with E-state index in [0.717, 1.165) is 77.0 Å². The molecule has 2 fully saturated rings. The van der Waals surface area contributed by atoms with Gasteiger partial charge in [0.25, 0.3) is 0 Å². The molecule has 2 aliphatic heterocycles. The maximum atomic E-state index is 13.2. The number of aliphatic hydroxyl groups excluding tert-OH is 8. The Morgan fingerprint density at radius 1 is 0.578 bits per heavy atom. The molecule has 0 aliphatic carbocycles. The van der Waals surface area contributed by atoms with Crippen LogP contribution in [0.15, 0.2) is 60.8 Å². The van der Waals surface area contributed by atoms with Crippen molar-refractivity contribution in [3.05, 3.63) is 60.8 Å². The van der Waals surface area contributed by atoms with Crippen LogP contribution in [0.3, 0.4) is 0 Å². The first-order valence-electron chi connectivity index (χ1n) is 24.5. The number of hydrogen-bond donors (Lipinski definition) is 9. The van der Waals surface area contributed by atoms with Crippen LogP contribution in [-0.2, 0) is 23.7 Å². The quantitative estimate of drug-likeness (QED) is 0.0265. The predicted octanol–water partition coefficient (Wildman–Crippen LogP) is 5.88. The van der Waals surface area contributed by atoms with Gasteiger partial charge in [0, 0.05) is 6.42 Å². The largest absolute Gasteiger partial charge is 0.394 e. The van der Waals surface area contributed by atoms with Gasteiger partial charge in [0.1, 0.15) is 48.8 Å². The van der Waals surface area contributed by atoms with E-state index in [1.165, 1.54) is 44.9 Å². The second kappa shape index (κ2) is 36.8. The van der Waals surface area contributed by atoms with Crippen LogP contribution in [0.2, 0.25) is 0 Å². The predicted molar refractivity (Wildman–Crippen MR) is 249 cm³/mol. The van der Waals surface area contributed by atoms with E-state index in [4.69, 9.17) is 18.9 Å². The molecule has 2 aliphatic rings. The maximum absolute atomic E-state index is 13.2. The molecule has 2 heterocycles. The fourth-order valence-corrected chi connectivity index (χ4v) is 7.73. The summed E-state index contributed by atoms with van der Waals surface area (Å²) in [5, 5.41) is 86.7. The fraction of sp³-hybridized carbons (Fsp3) is 0.780. The molecule has 2 saturated heterocycles. The summed E-state index contributed by atoms with van der Waals surface area (Å²) in [5.41, 5.74) is 0. The molecule has 0 aromatic carbocycles. The van der Waals surface area contributed by atoms with Crippen LogP contribution in [0.1, 0.15) is 155 Å². The summed E-state index contributed by atoms with van der Waals surface area (Å²) in [6.07, 6.45) is 26.5. The molecule has 14 nitrogen and oxygen atoms in total. The summed E-state index contributed by atoms with van der Waals surface area (Å²) in [6, 6.07) is -0.847. The Hall–Kier alpha value is -2.31. The molecule has 12 atom stereocenters. The molecule has 0 radical (unpaired) electrons. The highest BCUT2D eigenvalue weighted by Crippen LogP contribution is 2.30. The van der Waals surface area contributed by atoms with Crippen LogP contribution in [-0.4, -0.2) is 140 Å². The third kappa shape index (κ3) is 23.9. The van der Waals surface area contributed by atoms with Gasteiger partial charge in [-0.3, -0.25) is 4.79 Å². The first kappa shape index (κ1) is 57.8. The topological polar surface area (TPSA) is 228 Å². The van der Waals surface area contributed by atoms with Gasteiger partial charge in [-0.15, -0.1) is 0 Å². The van der Waals surface area contributed by atoms with E-state index in [9.17, 15) is 45.6 Å². The van der Waals surface area contributed by atoms with E-state index >= 15 is 0 Å². The summed E-state index contributed by atoms with van der Waals surface area (Å²) in [6.45, 7) is 2.67. The van der Waals surface area contributed by atoms with Crippen molar-refractivity contribution >= 4 is 5.91 Å². The van der Waals surface area contributed by atoms with Gasteiger partial charge in [-0.05, 0) is 57.8 Å². The number of nitrogens with one attached hydrogen (secondary N) is 1. The molecule has 14 heteroatoms. The number of carbonyl (C=O) groups excluding carboxylic acids is 1. The van der Waals surface area contributed by atoms with Crippen molar-refractivity contribution in [1.82, 2.24) is 5.32 Å². The zero-order valence-electron chi connectivity index (χ0n) is 39.0. The van der Waals surface area contributed by atoms with Crippen LogP contribution in [0, 0.1) is 0 Å². The minimum Gasteiger partial charge on any atom is -0.394 e. The Morgan fingerprint density at radius 3 is 1.64 bits per heavy atom. The minimum atomic E-state index is -1.79. The fourth-order valence-electron chi connectivity index (χ4n) is 7.73. The molecule has 9 N–H and O–H groups in total. The van der Waals surface area contributed by atoms with Crippen LogP contribution < -0.4 is 5.32 Å². The van der Waals surface area contributed by atoms with Crippen molar-refractivity contribution < 1.29 is 64.6 Å². The normalized spacial score (nSPS) is 27.8. The number of allylic oxidation sites excluding steroid dienone is 10. The molecule has 2 rings (SSSR count). The lowest BCUT2D eigenvalue weighted by atomic mass is 9.97. The van der Waals surface area contributed by atoms with Crippen LogP contribution in [0.4, 0.5) is 0 Å². The minimum absolute atomic E-state index is 0.243. The monoisotopic (exact) mass is 910 g/mol. The highest BCUT2D eigenvalue weighted by Gasteiger charge is 2.51. The van der Waals surface area contributed by atoms with Crippen molar-refractivity contribution in [3.63, 3.8) is 0 Å². The van der Waals surface area contributed by atoms with E-state index in [0.29, 0.717) is 12.8 Å². The average Bonchev–Trinajstić information content (AvgIpc) is 3.29. The molecule has 0 bridgehead atoms. The van der Waals surface area contributed by atoms with Gasteiger partial charge in [-0.2, -0.15) is 0 Å². The highest BCUT2D eigenvalue weighted by molar-refractivity contribution is 5.76. The van der Waals surface area contributed by atoms with Crippen molar-refractivity contribution in [2.45, 2.75) is 229 Å². The average molecular weight is 910 g/mol. The molecule has 0 saturated carbocycles. The van der Waals surface area contributed by atoms with Gasteiger partial charge in [0.15, 0.2) is 12.6 Å². The van der Waals surface area contributed by atoms with Gasteiger partial charge in [0.2, 0.25) is 5.91 Å². The zero-order valence-corrected chi connectivity index (χ0v) is 39.0. The van der Waals surface area contributed by atoms with Crippen LogP contribution in [0.5, 0.6) is 0 Å². The number of rotatable bonds is 36. The number of aliphatic hydroxyl groups is 8. The Kier molecular flexibility index (Phi) is 33.2. The van der Waals surface area contributed by atoms with Crippen molar-refractivity contribution in [2.24, 2.45) is 0 Å².